The third-order valence-electron chi connectivity index (χ3n) is 4.64. The molecule has 1 fully saturated rings. The van der Waals surface area contributed by atoms with E-state index in [1.54, 1.807) is 0 Å². The number of pyridine rings is 1. The molecular formula is C16H21F3N2O4. The van der Waals surface area contributed by atoms with Crippen LogP contribution in [0.2, 0.25) is 0 Å². The number of ether oxygens (including phenoxy) is 1. The third-order valence-corrected chi connectivity index (χ3v) is 4.64. The van der Waals surface area contributed by atoms with Crippen molar-refractivity contribution in [2.75, 3.05) is 11.9 Å². The number of aromatic nitrogens is 1. The Bertz CT molecular complexity index is 651. The summed E-state index contributed by atoms with van der Waals surface area (Å²) in [5.41, 5.74) is -3.62. The van der Waals surface area contributed by atoms with E-state index >= 15 is 0 Å². The molecule has 9 heteroatoms. The lowest BCUT2D eigenvalue weighted by Crippen LogP contribution is -2.47. The van der Waals surface area contributed by atoms with Gasteiger partial charge in [-0.05, 0) is 38.3 Å². The Morgan fingerprint density at radius 3 is 2.68 bits per heavy atom. The first-order valence-electron chi connectivity index (χ1n) is 7.76. The highest BCUT2D eigenvalue weighted by Gasteiger charge is 2.61. The summed E-state index contributed by atoms with van der Waals surface area (Å²) in [7, 11) is 0. The fraction of sp³-hybridized carbons (Fsp3) is 0.625. The zero-order chi connectivity index (χ0) is 19.0. The maximum Gasteiger partial charge on any atom is 0.417 e. The predicted molar refractivity (Wildman–Crippen MR) is 82.6 cm³/mol. The summed E-state index contributed by atoms with van der Waals surface area (Å²) in [5, 5.41) is 21.6. The van der Waals surface area contributed by atoms with E-state index in [2.05, 4.69) is 10.3 Å². The molecule has 0 radical (unpaired) electrons. The van der Waals surface area contributed by atoms with E-state index in [0.29, 0.717) is 0 Å². The number of hydrogen-bond acceptors (Lipinski definition) is 5. The quantitative estimate of drug-likeness (QED) is 0.762. The summed E-state index contributed by atoms with van der Waals surface area (Å²) >= 11 is 0. The number of amides is 1. The van der Waals surface area contributed by atoms with E-state index in [0.717, 1.165) is 6.92 Å². The Morgan fingerprint density at radius 2 is 2.16 bits per heavy atom. The standard InChI is InChI=1S/C16H21F3N2O4/c1-9-6-11(25-15(9,3)16(17,18)19)13(23)21-10-4-5-20-12(7-10)14(2,24)8-22/h4-5,7,9,11,22,24H,6,8H2,1-3H3,(H,20,21,23). The van der Waals surface area contributed by atoms with E-state index in [4.69, 9.17) is 9.84 Å². The summed E-state index contributed by atoms with van der Waals surface area (Å²) in [6, 6.07) is 2.77. The van der Waals surface area contributed by atoms with Crippen molar-refractivity contribution in [2.45, 2.75) is 50.7 Å². The van der Waals surface area contributed by atoms with Crippen LogP contribution in [-0.4, -0.2) is 45.6 Å². The maximum absolute atomic E-state index is 13.2. The van der Waals surface area contributed by atoms with Gasteiger partial charge in [0.2, 0.25) is 0 Å². The molecule has 4 atom stereocenters. The second-order valence-electron chi connectivity index (χ2n) is 6.70. The molecule has 0 bridgehead atoms. The number of alkyl halides is 3. The largest absolute Gasteiger partial charge is 0.417 e. The maximum atomic E-state index is 13.2. The highest BCUT2D eigenvalue weighted by molar-refractivity contribution is 5.94. The highest BCUT2D eigenvalue weighted by Crippen LogP contribution is 2.46. The Labute approximate surface area is 143 Å². The lowest BCUT2D eigenvalue weighted by molar-refractivity contribution is -0.272. The second kappa shape index (κ2) is 6.54. The molecule has 1 amide bonds. The molecule has 0 aliphatic carbocycles. The number of carbonyl (C=O) groups is 1. The van der Waals surface area contributed by atoms with Crippen LogP contribution in [0.15, 0.2) is 18.3 Å². The topological polar surface area (TPSA) is 91.7 Å². The monoisotopic (exact) mass is 362 g/mol. The molecule has 0 aromatic carbocycles. The average Bonchev–Trinajstić information content (AvgIpc) is 2.84. The molecule has 140 valence electrons. The van der Waals surface area contributed by atoms with Crippen LogP contribution in [0.5, 0.6) is 0 Å². The molecule has 1 aliphatic rings. The predicted octanol–water partition coefficient (Wildman–Crippen LogP) is 1.97. The van der Waals surface area contributed by atoms with Crippen molar-refractivity contribution < 1.29 is 32.9 Å². The number of nitrogens with zero attached hydrogens (tertiary/aromatic N) is 1. The SMILES string of the molecule is CC1CC(C(=O)Nc2ccnc(C(C)(O)CO)c2)OC1(C)C(F)(F)F. The number of aliphatic hydroxyl groups is 2. The molecule has 1 aliphatic heterocycles. The van der Waals surface area contributed by atoms with Gasteiger partial charge in [-0.15, -0.1) is 0 Å². The minimum Gasteiger partial charge on any atom is -0.393 e. The lowest BCUT2D eigenvalue weighted by atomic mass is 9.89. The van der Waals surface area contributed by atoms with Crippen LogP contribution in [-0.2, 0) is 15.1 Å². The van der Waals surface area contributed by atoms with Crippen LogP contribution in [0.1, 0.15) is 32.9 Å². The van der Waals surface area contributed by atoms with Crippen LogP contribution >= 0.6 is 0 Å². The zero-order valence-corrected chi connectivity index (χ0v) is 14.1. The lowest BCUT2D eigenvalue weighted by Gasteiger charge is -2.30. The van der Waals surface area contributed by atoms with E-state index < -0.39 is 41.9 Å². The summed E-state index contributed by atoms with van der Waals surface area (Å²) < 4.78 is 44.5. The van der Waals surface area contributed by atoms with Gasteiger partial charge in [0, 0.05) is 11.9 Å². The van der Waals surface area contributed by atoms with Crippen LogP contribution < -0.4 is 5.32 Å². The van der Waals surface area contributed by atoms with E-state index in [9.17, 15) is 23.1 Å². The minimum atomic E-state index is -4.58. The van der Waals surface area contributed by atoms with E-state index in [-0.39, 0.29) is 17.8 Å². The van der Waals surface area contributed by atoms with Gasteiger partial charge >= 0.3 is 6.18 Å². The Balaban J connectivity index is 2.13. The van der Waals surface area contributed by atoms with Crippen molar-refractivity contribution in [2.24, 2.45) is 5.92 Å². The molecule has 2 heterocycles. The number of nitrogens with one attached hydrogen (secondary N) is 1. The summed E-state index contributed by atoms with van der Waals surface area (Å²) in [4.78, 5) is 16.2. The first-order valence-corrected chi connectivity index (χ1v) is 7.76. The van der Waals surface area contributed by atoms with Crippen LogP contribution in [0, 0.1) is 5.92 Å². The van der Waals surface area contributed by atoms with Crippen molar-refractivity contribution in [1.29, 1.82) is 0 Å². The molecule has 3 N–H and O–H groups in total. The summed E-state index contributed by atoms with van der Waals surface area (Å²) in [6.07, 6.45) is -4.57. The van der Waals surface area contributed by atoms with E-state index in [1.165, 1.54) is 32.2 Å². The molecule has 25 heavy (non-hydrogen) atoms. The molecule has 6 nitrogen and oxygen atoms in total. The second-order valence-corrected chi connectivity index (χ2v) is 6.70. The first-order chi connectivity index (χ1) is 11.4. The zero-order valence-electron chi connectivity index (χ0n) is 14.1. The van der Waals surface area contributed by atoms with Gasteiger partial charge in [-0.25, -0.2) is 0 Å². The fourth-order valence-corrected chi connectivity index (χ4v) is 2.62. The molecule has 0 spiro atoms. The number of halogens is 3. The number of aliphatic hydroxyl groups excluding tert-OH is 1. The van der Waals surface area contributed by atoms with Gasteiger partial charge in [0.15, 0.2) is 5.60 Å². The number of carbonyl (C=O) groups excluding carboxylic acids is 1. The number of rotatable bonds is 4. The molecule has 2 rings (SSSR count). The molecule has 0 saturated carbocycles. The third kappa shape index (κ3) is 3.78. The normalized spacial score (nSPS) is 29.3. The Hall–Kier alpha value is -1.71. The van der Waals surface area contributed by atoms with Gasteiger partial charge in [-0.1, -0.05) is 6.92 Å². The van der Waals surface area contributed by atoms with Crippen LogP contribution in [0.4, 0.5) is 18.9 Å². The van der Waals surface area contributed by atoms with Gasteiger partial charge in [-0.3, -0.25) is 9.78 Å². The van der Waals surface area contributed by atoms with Crippen molar-refractivity contribution in [1.82, 2.24) is 4.98 Å². The van der Waals surface area contributed by atoms with Gasteiger partial charge in [-0.2, -0.15) is 13.2 Å². The first kappa shape index (κ1) is 19.6. The smallest absolute Gasteiger partial charge is 0.393 e. The molecule has 1 aromatic rings. The van der Waals surface area contributed by atoms with Crippen LogP contribution in [0.25, 0.3) is 0 Å². The average molecular weight is 362 g/mol. The highest BCUT2D eigenvalue weighted by atomic mass is 19.4. The van der Waals surface area contributed by atoms with Crippen molar-refractivity contribution in [3.8, 4) is 0 Å². The summed E-state index contributed by atoms with van der Waals surface area (Å²) in [5.74, 6) is -1.58. The number of hydrogen-bond donors (Lipinski definition) is 3. The van der Waals surface area contributed by atoms with Gasteiger partial charge in [0.25, 0.3) is 5.91 Å². The molecule has 1 saturated heterocycles. The van der Waals surface area contributed by atoms with Gasteiger partial charge in [0.1, 0.15) is 11.7 Å². The van der Waals surface area contributed by atoms with Gasteiger partial charge < -0.3 is 20.3 Å². The fourth-order valence-electron chi connectivity index (χ4n) is 2.62. The molecule has 1 aromatic heterocycles. The Kier molecular flexibility index (Phi) is 5.13. The van der Waals surface area contributed by atoms with Crippen LogP contribution in [0.3, 0.4) is 0 Å². The molecular weight excluding hydrogens is 341 g/mol. The van der Waals surface area contributed by atoms with E-state index in [1.807, 2.05) is 0 Å². The van der Waals surface area contributed by atoms with Gasteiger partial charge in [0.05, 0.1) is 12.3 Å². The summed E-state index contributed by atoms with van der Waals surface area (Å²) in [6.45, 7) is 3.10. The Morgan fingerprint density at radius 1 is 1.52 bits per heavy atom. The number of anilines is 1. The van der Waals surface area contributed by atoms with Crippen molar-refractivity contribution in [3.05, 3.63) is 24.0 Å². The van der Waals surface area contributed by atoms with Crippen molar-refractivity contribution in [3.63, 3.8) is 0 Å². The minimum absolute atomic E-state index is 0.0614. The molecule has 4 unspecified atom stereocenters. The van der Waals surface area contributed by atoms with Crippen molar-refractivity contribution >= 4 is 11.6 Å².